The standard InChI is InChI=1S/Ce.2H3N.3H2O4S.H2O/c;;;3*1-5(2,3)4;/h;2*1H3;3*(H2,1,2,3,4);1H2/q+4;;;;;;/p-4. The molecule has 0 bridgehead atoms. The third-order valence-corrected chi connectivity index (χ3v) is 0. The van der Waals surface area contributed by atoms with E-state index in [0.717, 1.165) is 0 Å². The fraction of sp³-hybridized carbons (Fsp3) is 0. The van der Waals surface area contributed by atoms with E-state index < -0.39 is 31.2 Å². The van der Waals surface area contributed by atoms with Crippen molar-refractivity contribution in [2.24, 2.45) is 0 Å². The van der Waals surface area contributed by atoms with Gasteiger partial charge in [-0.05, 0) is 0 Å². The number of rotatable bonds is 0. The molecule has 120 valence electrons. The van der Waals surface area contributed by atoms with E-state index in [1.54, 1.807) is 0 Å². The quantitative estimate of drug-likeness (QED) is 0.246. The molecule has 0 aliphatic rings. The Bertz CT molecular complexity index is 347. The van der Waals surface area contributed by atoms with E-state index in [1.165, 1.54) is 0 Å². The van der Waals surface area contributed by atoms with Crippen molar-refractivity contribution in [2.75, 3.05) is 0 Å². The largest absolute Gasteiger partial charge is 4.00 e. The summed E-state index contributed by atoms with van der Waals surface area (Å²) in [6.07, 6.45) is 0. The van der Waals surface area contributed by atoms with Crippen LogP contribution in [0.2, 0.25) is 0 Å². The van der Waals surface area contributed by atoms with E-state index in [1.807, 2.05) is 0 Å². The fourth-order valence-electron chi connectivity index (χ4n) is 0. The Balaban J connectivity index is -0.0000000206. The molecule has 19 heavy (non-hydrogen) atoms. The molecule has 0 aliphatic heterocycles. The van der Waals surface area contributed by atoms with Gasteiger partial charge < -0.3 is 45.1 Å². The van der Waals surface area contributed by atoms with Crippen molar-refractivity contribution in [3.63, 3.8) is 0 Å². The maximum atomic E-state index is 8.52. The Labute approximate surface area is 142 Å². The molecule has 0 aromatic heterocycles. The number of hydrogen-bond acceptors (Lipinski definition) is 12. The Kier molecular flexibility index (Phi) is 38.0. The van der Waals surface area contributed by atoms with Crippen LogP contribution in [-0.2, 0) is 31.2 Å². The first-order valence-corrected chi connectivity index (χ1v) is 6.00. The first-order valence-electron chi connectivity index (χ1n) is 2.00. The normalized spacial score (nSPS) is 9.16. The maximum absolute atomic E-state index is 8.52. The minimum absolute atomic E-state index is 0. The second-order valence-electron chi connectivity index (χ2n) is 1.22. The van der Waals surface area contributed by atoms with Crippen LogP contribution in [0.3, 0.4) is 0 Å². The smallest absolute Gasteiger partial charge is 0.759 e. The van der Waals surface area contributed by atoms with Gasteiger partial charge in [0, 0.05) is 31.2 Å². The first kappa shape index (κ1) is 42.7. The molecule has 0 aromatic rings. The molecule has 0 amide bonds. The van der Waals surface area contributed by atoms with Crippen molar-refractivity contribution < 1.29 is 99.8 Å². The summed E-state index contributed by atoms with van der Waals surface area (Å²) in [4.78, 5) is 0. The molecule has 0 rings (SSSR count). The zero-order chi connectivity index (χ0) is 13.5. The molecule has 0 fully saturated rings. The predicted octanol–water partition coefficient (Wildman–Crippen LogP) is -4.09. The molecule has 19 heteroatoms. The Morgan fingerprint density at radius 3 is 0.474 bits per heavy atom. The van der Waals surface area contributed by atoms with Gasteiger partial charge in [-0.25, -0.2) is 0 Å². The summed E-state index contributed by atoms with van der Waals surface area (Å²) in [5.74, 6) is 0. The van der Waals surface area contributed by atoms with Gasteiger partial charge in [0.2, 0.25) is 0 Å². The van der Waals surface area contributed by atoms with Gasteiger partial charge in [-0.1, -0.05) is 0 Å². The zero-order valence-electron chi connectivity index (χ0n) is 9.12. The summed E-state index contributed by atoms with van der Waals surface area (Å²) in [7, 11) is -15.5. The second-order valence-corrected chi connectivity index (χ2v) is 3.67. The van der Waals surface area contributed by atoms with Crippen LogP contribution in [0.4, 0.5) is 0 Å². The third kappa shape index (κ3) is 7150. The van der Waals surface area contributed by atoms with Crippen LogP contribution in [0, 0.1) is 41.7 Å². The van der Waals surface area contributed by atoms with Gasteiger partial charge in [-0.2, -0.15) is 0 Å². The van der Waals surface area contributed by atoms with Gasteiger partial charge >= 0.3 is 41.7 Å². The minimum Gasteiger partial charge on any atom is -0.759 e. The average Bonchev–Trinajstić information content (AvgIpc) is 1.41. The number of quaternary nitrogens is 2. The van der Waals surface area contributed by atoms with Crippen molar-refractivity contribution in [3.8, 4) is 0 Å². The topological polar surface area (TPSA) is 345 Å². The van der Waals surface area contributed by atoms with Crippen LogP contribution in [0.15, 0.2) is 0 Å². The van der Waals surface area contributed by atoms with Crippen molar-refractivity contribution in [1.82, 2.24) is 12.3 Å². The van der Waals surface area contributed by atoms with Gasteiger partial charge in [0.25, 0.3) is 0 Å². The summed E-state index contributed by atoms with van der Waals surface area (Å²) >= 11 is 0. The summed E-state index contributed by atoms with van der Waals surface area (Å²) in [6, 6.07) is 0. The van der Waals surface area contributed by atoms with Gasteiger partial charge in [0.1, 0.15) is 0 Å². The summed E-state index contributed by atoms with van der Waals surface area (Å²) in [5.41, 5.74) is 0. The van der Waals surface area contributed by atoms with E-state index in [2.05, 4.69) is 0 Å². The molecule has 0 saturated carbocycles. The molecule has 0 radical (unpaired) electrons. The zero-order valence-corrected chi connectivity index (χ0v) is 14.7. The van der Waals surface area contributed by atoms with E-state index >= 15 is 0 Å². The third-order valence-electron chi connectivity index (χ3n) is 0. The van der Waals surface area contributed by atoms with Crippen molar-refractivity contribution in [3.05, 3.63) is 0 Å². The molecule has 0 spiro atoms. The molecule has 0 aromatic carbocycles. The average molecular weight is 482 g/mol. The molecule has 0 heterocycles. The van der Waals surface area contributed by atoms with Crippen LogP contribution < -0.4 is 12.3 Å². The number of hydrogen-bond donors (Lipinski definition) is 2. The van der Waals surface area contributed by atoms with Gasteiger partial charge in [-0.15, -0.1) is 0 Å². The molecule has 0 aliphatic carbocycles. The van der Waals surface area contributed by atoms with Crippen LogP contribution in [0.5, 0.6) is 0 Å². The molecule has 0 atom stereocenters. The van der Waals surface area contributed by atoms with Crippen LogP contribution in [0.25, 0.3) is 0 Å². The first-order chi connectivity index (χ1) is 6.00. The Morgan fingerprint density at radius 2 is 0.474 bits per heavy atom. The van der Waals surface area contributed by atoms with Gasteiger partial charge in [-0.3, -0.25) is 25.3 Å². The molecular formula is H10CeN2O13S3. The Hall–Kier alpha value is 0.867. The van der Waals surface area contributed by atoms with Crippen LogP contribution in [-0.4, -0.2) is 58.0 Å². The van der Waals surface area contributed by atoms with E-state index in [9.17, 15) is 0 Å². The monoisotopic (exact) mass is 482 g/mol. The molecule has 15 nitrogen and oxygen atoms in total. The molecule has 0 saturated heterocycles. The van der Waals surface area contributed by atoms with Crippen LogP contribution in [0.1, 0.15) is 0 Å². The molecular weight excluding hydrogens is 472 g/mol. The predicted molar refractivity (Wildman–Crippen MR) is 47.0 cm³/mol. The van der Waals surface area contributed by atoms with Crippen molar-refractivity contribution in [2.45, 2.75) is 0 Å². The minimum atomic E-state index is -5.17. The van der Waals surface area contributed by atoms with E-state index in [0.29, 0.717) is 0 Å². The van der Waals surface area contributed by atoms with Crippen LogP contribution >= 0.6 is 0 Å². The molecule has 0 unspecified atom stereocenters. The summed E-state index contributed by atoms with van der Waals surface area (Å²) in [5, 5.41) is 0. The Morgan fingerprint density at radius 1 is 0.474 bits per heavy atom. The van der Waals surface area contributed by atoms with Gasteiger partial charge in [0.05, 0.1) is 0 Å². The molecule has 10 N–H and O–H groups in total. The van der Waals surface area contributed by atoms with Crippen molar-refractivity contribution >= 4 is 31.2 Å². The summed E-state index contributed by atoms with van der Waals surface area (Å²) in [6.45, 7) is 0. The van der Waals surface area contributed by atoms with Gasteiger partial charge in [0.15, 0.2) is 0 Å². The maximum Gasteiger partial charge on any atom is 4.00 e. The summed E-state index contributed by atoms with van der Waals surface area (Å²) < 4.78 is 102. The SMILES string of the molecule is O.O=S(=O)([O-])[O-].O=S(=O)([O-])[O-].O=S(=O)([O-])[O-].[Ce+4].[NH4+].[NH4+]. The fourth-order valence-corrected chi connectivity index (χ4v) is 0. The van der Waals surface area contributed by atoms with E-state index in [4.69, 9.17) is 52.6 Å². The van der Waals surface area contributed by atoms with Crippen molar-refractivity contribution in [1.29, 1.82) is 0 Å². The van der Waals surface area contributed by atoms with E-state index in [-0.39, 0.29) is 59.5 Å². The second kappa shape index (κ2) is 16.9.